The summed E-state index contributed by atoms with van der Waals surface area (Å²) < 4.78 is 39.6. The number of ketones is 1. The second kappa shape index (κ2) is 6.08. The van der Waals surface area contributed by atoms with Crippen LogP contribution in [0.1, 0.15) is 47.3 Å². The van der Waals surface area contributed by atoms with Crippen LogP contribution in [-0.2, 0) is 6.18 Å². The van der Waals surface area contributed by atoms with E-state index in [1.165, 1.54) is 23.7 Å². The molecule has 1 N–H and O–H groups in total. The third-order valence-corrected chi connectivity index (χ3v) is 4.10. The van der Waals surface area contributed by atoms with Crippen molar-refractivity contribution in [1.82, 2.24) is 19.7 Å². The van der Waals surface area contributed by atoms with E-state index in [4.69, 9.17) is 0 Å². The Morgan fingerprint density at radius 1 is 1.23 bits per heavy atom. The number of alkyl halides is 3. The Morgan fingerprint density at radius 3 is 2.38 bits per heavy atom. The summed E-state index contributed by atoms with van der Waals surface area (Å²) in [5.41, 5.74) is -0.509. The van der Waals surface area contributed by atoms with Crippen molar-refractivity contribution in [3.05, 3.63) is 57.3 Å². The lowest BCUT2D eigenvalue weighted by molar-refractivity contribution is -0.137. The standard InChI is InChI=1S/C17H15F3N4O2/c1-8(11-4-6-12(7-5-11)17(18,19)20)24-15-13(14(23-24)9(2)25)16(26)22-10(3)21-15/h4-8H,1-3H3,(H,21,22,26)/t8-/m0/s1. The van der Waals surface area contributed by atoms with Crippen molar-refractivity contribution in [2.75, 3.05) is 0 Å². The van der Waals surface area contributed by atoms with Gasteiger partial charge in [-0.2, -0.15) is 18.3 Å². The van der Waals surface area contributed by atoms with Crippen molar-refractivity contribution in [2.45, 2.75) is 33.0 Å². The van der Waals surface area contributed by atoms with Gasteiger partial charge >= 0.3 is 6.18 Å². The maximum absolute atomic E-state index is 12.7. The number of nitrogens with zero attached hydrogens (tertiary/aromatic N) is 3. The third kappa shape index (κ3) is 3.00. The molecule has 0 saturated heterocycles. The number of hydrogen-bond donors (Lipinski definition) is 1. The molecule has 3 rings (SSSR count). The molecule has 26 heavy (non-hydrogen) atoms. The fraction of sp³-hybridized carbons (Fsp3) is 0.294. The third-order valence-electron chi connectivity index (χ3n) is 4.10. The Kier molecular flexibility index (Phi) is 4.17. The Hall–Kier alpha value is -2.97. The molecule has 9 heteroatoms. The highest BCUT2D eigenvalue weighted by Crippen LogP contribution is 2.31. The van der Waals surface area contributed by atoms with E-state index in [-0.39, 0.29) is 16.7 Å². The zero-order chi connectivity index (χ0) is 19.2. The summed E-state index contributed by atoms with van der Waals surface area (Å²) in [6.45, 7) is 4.58. The number of carbonyl (C=O) groups is 1. The lowest BCUT2D eigenvalue weighted by Crippen LogP contribution is -2.13. The molecule has 0 fully saturated rings. The Bertz CT molecular complexity index is 1050. The van der Waals surface area contributed by atoms with Crippen LogP contribution in [0.3, 0.4) is 0 Å². The van der Waals surface area contributed by atoms with Crippen LogP contribution in [0.2, 0.25) is 0 Å². The number of H-pyrrole nitrogens is 1. The molecule has 2 aromatic heterocycles. The quantitative estimate of drug-likeness (QED) is 0.724. The van der Waals surface area contributed by atoms with Gasteiger partial charge in [0.15, 0.2) is 11.4 Å². The van der Waals surface area contributed by atoms with Gasteiger partial charge < -0.3 is 4.98 Å². The summed E-state index contributed by atoms with van der Waals surface area (Å²) in [7, 11) is 0. The van der Waals surface area contributed by atoms with Gasteiger partial charge in [0, 0.05) is 6.92 Å². The summed E-state index contributed by atoms with van der Waals surface area (Å²) in [4.78, 5) is 30.9. The number of carbonyl (C=O) groups excluding carboxylic acids is 1. The number of hydrogen-bond acceptors (Lipinski definition) is 4. The number of aryl methyl sites for hydroxylation is 1. The van der Waals surface area contributed by atoms with Crippen LogP contribution in [0.5, 0.6) is 0 Å². The first-order chi connectivity index (χ1) is 12.1. The van der Waals surface area contributed by atoms with Crippen molar-refractivity contribution in [3.63, 3.8) is 0 Å². The van der Waals surface area contributed by atoms with E-state index in [2.05, 4.69) is 15.1 Å². The van der Waals surface area contributed by atoms with Crippen LogP contribution in [0.25, 0.3) is 11.0 Å². The predicted octanol–water partition coefficient (Wildman–Crippen LogP) is 3.26. The maximum atomic E-state index is 12.7. The Labute approximate surface area is 145 Å². The number of nitrogens with one attached hydrogen (secondary N) is 1. The van der Waals surface area contributed by atoms with Crippen LogP contribution in [0.4, 0.5) is 13.2 Å². The topological polar surface area (TPSA) is 80.6 Å². The van der Waals surface area contributed by atoms with Crippen LogP contribution < -0.4 is 5.56 Å². The minimum Gasteiger partial charge on any atom is -0.310 e. The van der Waals surface area contributed by atoms with Crippen molar-refractivity contribution in [2.24, 2.45) is 0 Å². The van der Waals surface area contributed by atoms with E-state index < -0.39 is 29.1 Å². The first kappa shape index (κ1) is 17.8. The molecule has 0 aliphatic heterocycles. The maximum Gasteiger partial charge on any atom is 0.416 e. The molecular formula is C17H15F3N4O2. The van der Waals surface area contributed by atoms with Crippen molar-refractivity contribution in [1.29, 1.82) is 0 Å². The second-order valence-electron chi connectivity index (χ2n) is 6.00. The van der Waals surface area contributed by atoms with Crippen molar-refractivity contribution < 1.29 is 18.0 Å². The number of Topliss-reactive ketones (excluding diaryl/α,β-unsaturated/α-hetero) is 1. The Morgan fingerprint density at radius 2 is 1.85 bits per heavy atom. The van der Waals surface area contributed by atoms with Gasteiger partial charge in [0.25, 0.3) is 5.56 Å². The highest BCUT2D eigenvalue weighted by atomic mass is 19.4. The average molecular weight is 364 g/mol. The molecule has 0 aliphatic rings. The lowest BCUT2D eigenvalue weighted by Gasteiger charge is -2.15. The van der Waals surface area contributed by atoms with Gasteiger partial charge in [0.05, 0.1) is 11.6 Å². The molecule has 136 valence electrons. The largest absolute Gasteiger partial charge is 0.416 e. The molecule has 0 bridgehead atoms. The summed E-state index contributed by atoms with van der Waals surface area (Å²) in [6.07, 6.45) is -4.42. The Balaban J connectivity index is 2.16. The highest BCUT2D eigenvalue weighted by Gasteiger charge is 2.30. The SMILES string of the molecule is CC(=O)c1nn([C@@H](C)c2ccc(C(F)(F)F)cc2)c2nc(C)[nH]c(=O)c12. The van der Waals surface area contributed by atoms with E-state index in [1.54, 1.807) is 13.8 Å². The van der Waals surface area contributed by atoms with E-state index >= 15 is 0 Å². The molecule has 0 amide bonds. The van der Waals surface area contributed by atoms with E-state index in [0.29, 0.717) is 11.4 Å². The summed E-state index contributed by atoms with van der Waals surface area (Å²) >= 11 is 0. The highest BCUT2D eigenvalue weighted by molar-refractivity contribution is 6.03. The van der Waals surface area contributed by atoms with Crippen LogP contribution in [-0.4, -0.2) is 25.5 Å². The molecular weight excluding hydrogens is 349 g/mol. The van der Waals surface area contributed by atoms with Gasteiger partial charge in [0.1, 0.15) is 16.9 Å². The normalized spacial score (nSPS) is 13.2. The zero-order valence-electron chi connectivity index (χ0n) is 14.2. The molecule has 3 aromatic rings. The number of aromatic nitrogens is 4. The fourth-order valence-electron chi connectivity index (χ4n) is 2.76. The van der Waals surface area contributed by atoms with Gasteiger partial charge in [0.2, 0.25) is 0 Å². The summed E-state index contributed by atoms with van der Waals surface area (Å²) in [5, 5.41) is 4.27. The van der Waals surface area contributed by atoms with Crippen LogP contribution in [0, 0.1) is 6.92 Å². The first-order valence-corrected chi connectivity index (χ1v) is 7.77. The molecule has 1 aromatic carbocycles. The van der Waals surface area contributed by atoms with Crippen molar-refractivity contribution in [3.8, 4) is 0 Å². The van der Waals surface area contributed by atoms with Crippen LogP contribution >= 0.6 is 0 Å². The molecule has 2 heterocycles. The first-order valence-electron chi connectivity index (χ1n) is 7.77. The number of benzene rings is 1. The van der Waals surface area contributed by atoms with Gasteiger partial charge in [-0.25, -0.2) is 9.67 Å². The second-order valence-corrected chi connectivity index (χ2v) is 6.00. The lowest BCUT2D eigenvalue weighted by atomic mass is 10.1. The monoisotopic (exact) mass is 364 g/mol. The molecule has 0 saturated carbocycles. The smallest absolute Gasteiger partial charge is 0.310 e. The molecule has 0 aliphatic carbocycles. The number of halogens is 3. The molecule has 1 atom stereocenters. The van der Waals surface area contributed by atoms with E-state index in [9.17, 15) is 22.8 Å². The number of fused-ring (bicyclic) bond motifs is 1. The summed E-state index contributed by atoms with van der Waals surface area (Å²) in [5.74, 6) is -0.0529. The average Bonchev–Trinajstić information content (AvgIpc) is 2.93. The zero-order valence-corrected chi connectivity index (χ0v) is 14.2. The minimum absolute atomic E-state index is 0.0208. The predicted molar refractivity (Wildman–Crippen MR) is 88.1 cm³/mol. The molecule has 0 unspecified atom stereocenters. The van der Waals surface area contributed by atoms with E-state index in [0.717, 1.165) is 12.1 Å². The molecule has 0 spiro atoms. The van der Waals surface area contributed by atoms with Gasteiger partial charge in [-0.15, -0.1) is 0 Å². The molecule has 6 nitrogen and oxygen atoms in total. The van der Waals surface area contributed by atoms with Gasteiger partial charge in [-0.05, 0) is 31.5 Å². The number of aromatic amines is 1. The van der Waals surface area contributed by atoms with Crippen LogP contribution in [0.15, 0.2) is 29.1 Å². The van der Waals surface area contributed by atoms with Gasteiger partial charge in [-0.3, -0.25) is 9.59 Å². The molecule has 0 radical (unpaired) electrons. The summed E-state index contributed by atoms with van der Waals surface area (Å²) in [6, 6.07) is 4.12. The fourth-order valence-corrected chi connectivity index (χ4v) is 2.76. The van der Waals surface area contributed by atoms with E-state index in [1.807, 2.05) is 0 Å². The minimum atomic E-state index is -4.42. The van der Waals surface area contributed by atoms with Crippen molar-refractivity contribution >= 4 is 16.8 Å². The van der Waals surface area contributed by atoms with Gasteiger partial charge in [-0.1, -0.05) is 12.1 Å². The number of rotatable bonds is 3.